The van der Waals surface area contributed by atoms with Gasteiger partial charge in [0.25, 0.3) is 5.91 Å². The van der Waals surface area contributed by atoms with E-state index in [1.54, 1.807) is 6.92 Å². The van der Waals surface area contributed by atoms with Crippen LogP contribution < -0.4 is 15.8 Å². The highest BCUT2D eigenvalue weighted by atomic mass is 16.5. The second kappa shape index (κ2) is 8.39. The van der Waals surface area contributed by atoms with Crippen molar-refractivity contribution in [2.24, 2.45) is 5.73 Å². The SMILES string of the molecule is CCNC(=O)COc1ccc2nc(CN)n(C3CCN(C(C)=O)CC3)c2c1. The molecule has 3 N–H and O–H groups in total. The van der Waals surface area contributed by atoms with Crippen LogP contribution in [0, 0.1) is 0 Å². The number of ether oxygens (including phenoxy) is 1. The summed E-state index contributed by atoms with van der Waals surface area (Å²) >= 11 is 0. The maximum absolute atomic E-state index is 11.6. The molecule has 0 aliphatic carbocycles. The van der Waals surface area contributed by atoms with Crippen LogP contribution in [0.4, 0.5) is 0 Å². The summed E-state index contributed by atoms with van der Waals surface area (Å²) in [6, 6.07) is 5.86. The Morgan fingerprint density at radius 1 is 1.33 bits per heavy atom. The van der Waals surface area contributed by atoms with Crippen molar-refractivity contribution in [2.45, 2.75) is 39.3 Å². The molecule has 2 heterocycles. The van der Waals surface area contributed by atoms with Crippen molar-refractivity contribution in [3.8, 4) is 5.75 Å². The third-order valence-electron chi connectivity index (χ3n) is 4.94. The van der Waals surface area contributed by atoms with Gasteiger partial charge in [0.05, 0.1) is 17.6 Å². The predicted molar refractivity (Wildman–Crippen MR) is 102 cm³/mol. The summed E-state index contributed by atoms with van der Waals surface area (Å²) in [6.45, 7) is 5.84. The van der Waals surface area contributed by atoms with E-state index in [2.05, 4.69) is 14.9 Å². The maximum atomic E-state index is 11.6. The van der Waals surface area contributed by atoms with Crippen molar-refractivity contribution in [1.82, 2.24) is 19.8 Å². The van der Waals surface area contributed by atoms with Gasteiger partial charge in [-0.1, -0.05) is 0 Å². The van der Waals surface area contributed by atoms with Gasteiger partial charge in [-0.25, -0.2) is 4.98 Å². The number of rotatable bonds is 6. The summed E-state index contributed by atoms with van der Waals surface area (Å²) < 4.78 is 7.80. The molecule has 146 valence electrons. The summed E-state index contributed by atoms with van der Waals surface area (Å²) in [6.07, 6.45) is 1.73. The van der Waals surface area contributed by atoms with Crippen molar-refractivity contribution >= 4 is 22.8 Å². The number of imidazole rings is 1. The van der Waals surface area contributed by atoms with Gasteiger partial charge in [-0.05, 0) is 31.9 Å². The molecular formula is C19H27N5O3. The number of benzene rings is 1. The Hall–Kier alpha value is -2.61. The van der Waals surface area contributed by atoms with E-state index in [1.165, 1.54) is 0 Å². The first-order valence-corrected chi connectivity index (χ1v) is 9.39. The molecule has 0 spiro atoms. The Labute approximate surface area is 158 Å². The highest BCUT2D eigenvalue weighted by Crippen LogP contribution is 2.30. The standard InChI is InChI=1S/C19H27N5O3/c1-3-21-19(26)12-27-15-4-5-16-17(10-15)24(18(11-20)22-16)14-6-8-23(9-7-14)13(2)25/h4-5,10,14H,3,6-9,11-12,20H2,1-2H3,(H,21,26). The van der Waals surface area contributed by atoms with Crippen LogP contribution in [0.25, 0.3) is 11.0 Å². The number of piperidine rings is 1. The lowest BCUT2D eigenvalue weighted by molar-refractivity contribution is -0.130. The maximum Gasteiger partial charge on any atom is 0.257 e. The number of nitrogens with two attached hydrogens (primary N) is 1. The van der Waals surface area contributed by atoms with Crippen molar-refractivity contribution in [2.75, 3.05) is 26.2 Å². The Bertz CT molecular complexity index is 824. The van der Waals surface area contributed by atoms with E-state index < -0.39 is 0 Å². The monoisotopic (exact) mass is 373 g/mol. The van der Waals surface area contributed by atoms with Crippen LogP contribution in [0.3, 0.4) is 0 Å². The molecule has 2 aromatic rings. The minimum atomic E-state index is -0.148. The van der Waals surface area contributed by atoms with Crippen molar-refractivity contribution in [1.29, 1.82) is 0 Å². The van der Waals surface area contributed by atoms with Crippen molar-refractivity contribution in [3.05, 3.63) is 24.0 Å². The van der Waals surface area contributed by atoms with Gasteiger partial charge in [0.2, 0.25) is 5.91 Å². The van der Waals surface area contributed by atoms with E-state index in [-0.39, 0.29) is 24.5 Å². The number of aromatic nitrogens is 2. The van der Waals surface area contributed by atoms with Gasteiger partial charge in [0, 0.05) is 38.7 Å². The normalized spacial score (nSPS) is 15.1. The van der Waals surface area contributed by atoms with E-state index in [9.17, 15) is 9.59 Å². The molecule has 1 saturated heterocycles. The highest BCUT2D eigenvalue weighted by Gasteiger charge is 2.25. The second-order valence-electron chi connectivity index (χ2n) is 6.73. The fourth-order valence-corrected chi connectivity index (χ4v) is 3.60. The molecular weight excluding hydrogens is 346 g/mol. The molecule has 0 saturated carbocycles. The number of fused-ring (bicyclic) bond motifs is 1. The molecule has 1 aromatic heterocycles. The first-order chi connectivity index (χ1) is 13.0. The summed E-state index contributed by atoms with van der Waals surface area (Å²) in [7, 11) is 0. The van der Waals surface area contributed by atoms with Gasteiger partial charge in [-0.15, -0.1) is 0 Å². The molecule has 1 aliphatic rings. The number of likely N-dealkylation sites (N-methyl/N-ethyl adjacent to an activating group) is 1. The molecule has 0 unspecified atom stereocenters. The average Bonchev–Trinajstić information content (AvgIpc) is 3.04. The zero-order valence-electron chi connectivity index (χ0n) is 15.9. The van der Waals surface area contributed by atoms with Gasteiger partial charge in [-0.3, -0.25) is 9.59 Å². The fourth-order valence-electron chi connectivity index (χ4n) is 3.60. The smallest absolute Gasteiger partial charge is 0.257 e. The zero-order chi connectivity index (χ0) is 19.4. The third-order valence-corrected chi connectivity index (χ3v) is 4.94. The molecule has 0 radical (unpaired) electrons. The number of nitrogens with one attached hydrogen (secondary N) is 1. The molecule has 27 heavy (non-hydrogen) atoms. The molecule has 2 amide bonds. The van der Waals surface area contributed by atoms with Crippen LogP contribution >= 0.6 is 0 Å². The molecule has 0 bridgehead atoms. The van der Waals surface area contributed by atoms with Gasteiger partial charge in [0.15, 0.2) is 6.61 Å². The van der Waals surface area contributed by atoms with Crippen LogP contribution in [0.1, 0.15) is 38.6 Å². The summed E-state index contributed by atoms with van der Waals surface area (Å²) in [5.74, 6) is 1.42. The number of likely N-dealkylation sites (tertiary alicyclic amines) is 1. The largest absolute Gasteiger partial charge is 0.484 e. The second-order valence-corrected chi connectivity index (χ2v) is 6.73. The Balaban J connectivity index is 1.84. The molecule has 3 rings (SSSR count). The first-order valence-electron chi connectivity index (χ1n) is 9.39. The van der Waals surface area contributed by atoms with Crippen LogP contribution in [-0.4, -0.2) is 52.5 Å². The lowest BCUT2D eigenvalue weighted by Crippen LogP contribution is -2.38. The molecule has 1 aromatic carbocycles. The van der Waals surface area contributed by atoms with Crippen LogP contribution in [0.2, 0.25) is 0 Å². The van der Waals surface area contributed by atoms with Gasteiger partial charge in [-0.2, -0.15) is 0 Å². The predicted octanol–water partition coefficient (Wildman–Crippen LogP) is 1.19. The number of hydrogen-bond donors (Lipinski definition) is 2. The van der Waals surface area contributed by atoms with Crippen molar-refractivity contribution in [3.63, 3.8) is 0 Å². The number of carbonyl (C=O) groups is 2. The fraction of sp³-hybridized carbons (Fsp3) is 0.526. The zero-order valence-corrected chi connectivity index (χ0v) is 15.9. The molecule has 1 aliphatic heterocycles. The van der Waals surface area contributed by atoms with Crippen LogP contribution in [0.15, 0.2) is 18.2 Å². The Morgan fingerprint density at radius 2 is 2.07 bits per heavy atom. The lowest BCUT2D eigenvalue weighted by Gasteiger charge is -2.33. The number of hydrogen-bond acceptors (Lipinski definition) is 5. The van der Waals surface area contributed by atoms with E-state index in [0.717, 1.165) is 42.8 Å². The Kier molecular flexibility index (Phi) is 5.95. The van der Waals surface area contributed by atoms with E-state index >= 15 is 0 Å². The summed E-state index contributed by atoms with van der Waals surface area (Å²) in [5, 5.41) is 2.71. The number of carbonyl (C=O) groups excluding carboxylic acids is 2. The van der Waals surface area contributed by atoms with Gasteiger partial charge < -0.3 is 25.3 Å². The molecule has 8 nitrogen and oxygen atoms in total. The Morgan fingerprint density at radius 3 is 2.70 bits per heavy atom. The van der Waals surface area contributed by atoms with Gasteiger partial charge >= 0.3 is 0 Å². The van der Waals surface area contributed by atoms with Crippen LogP contribution in [-0.2, 0) is 16.1 Å². The van der Waals surface area contributed by atoms with Crippen LogP contribution in [0.5, 0.6) is 5.75 Å². The number of amides is 2. The third kappa shape index (κ3) is 4.21. The van der Waals surface area contributed by atoms with E-state index in [0.29, 0.717) is 18.8 Å². The quantitative estimate of drug-likeness (QED) is 0.792. The molecule has 8 heteroatoms. The van der Waals surface area contributed by atoms with E-state index in [1.807, 2.05) is 30.0 Å². The summed E-state index contributed by atoms with van der Waals surface area (Å²) in [4.78, 5) is 29.7. The average molecular weight is 373 g/mol. The minimum Gasteiger partial charge on any atom is -0.484 e. The highest BCUT2D eigenvalue weighted by molar-refractivity contribution is 5.79. The summed E-state index contributed by atoms with van der Waals surface area (Å²) in [5.41, 5.74) is 7.74. The molecule has 1 fully saturated rings. The van der Waals surface area contributed by atoms with E-state index in [4.69, 9.17) is 10.5 Å². The minimum absolute atomic E-state index is 0.0196. The lowest BCUT2D eigenvalue weighted by atomic mass is 10.0. The molecule has 0 atom stereocenters. The van der Waals surface area contributed by atoms with Crippen molar-refractivity contribution < 1.29 is 14.3 Å². The topological polar surface area (TPSA) is 102 Å². The number of nitrogens with zero attached hydrogens (tertiary/aromatic N) is 3. The first kappa shape index (κ1) is 19.2. The van der Waals surface area contributed by atoms with Gasteiger partial charge in [0.1, 0.15) is 11.6 Å².